The molecular formula is C20H38N4. The molecule has 24 heavy (non-hydrogen) atoms. The van der Waals surface area contributed by atoms with E-state index >= 15 is 0 Å². The molecule has 5 heterocycles. The third kappa shape index (κ3) is 3.53. The molecule has 0 amide bonds. The van der Waals surface area contributed by atoms with Crippen molar-refractivity contribution in [1.82, 2.24) is 20.0 Å². The molecule has 0 radical (unpaired) electrons. The van der Waals surface area contributed by atoms with Crippen LogP contribution in [0.2, 0.25) is 0 Å². The second-order valence-corrected chi connectivity index (χ2v) is 9.78. The van der Waals surface area contributed by atoms with E-state index in [1.54, 1.807) is 0 Å². The molecule has 2 bridgehead atoms. The topological polar surface area (TPSA) is 21.8 Å². The first kappa shape index (κ1) is 17.3. The zero-order valence-corrected chi connectivity index (χ0v) is 16.1. The summed E-state index contributed by atoms with van der Waals surface area (Å²) in [4.78, 5) is 8.38. The minimum Gasteiger partial charge on any atom is -0.317 e. The van der Waals surface area contributed by atoms with Gasteiger partial charge >= 0.3 is 0 Å². The molecular weight excluding hydrogens is 296 g/mol. The number of hydrogen-bond acceptors (Lipinski definition) is 4. The van der Waals surface area contributed by atoms with Crippen molar-refractivity contribution in [3.8, 4) is 0 Å². The molecule has 4 heteroatoms. The van der Waals surface area contributed by atoms with Crippen molar-refractivity contribution in [3.63, 3.8) is 0 Å². The van der Waals surface area contributed by atoms with Crippen molar-refractivity contribution in [2.75, 3.05) is 45.8 Å². The zero-order chi connectivity index (χ0) is 16.7. The quantitative estimate of drug-likeness (QED) is 0.852. The Kier molecular flexibility index (Phi) is 4.94. The molecule has 5 fully saturated rings. The molecule has 5 rings (SSSR count). The number of likely N-dealkylation sites (tertiary alicyclic amines) is 1. The fraction of sp³-hybridized carbons (Fsp3) is 1.00. The number of fused-ring (bicyclic) bond motifs is 2. The summed E-state index contributed by atoms with van der Waals surface area (Å²) in [5, 5.41) is 3.50. The molecule has 0 aliphatic carbocycles. The lowest BCUT2D eigenvalue weighted by Crippen LogP contribution is -2.71. The van der Waals surface area contributed by atoms with E-state index in [0.29, 0.717) is 5.54 Å². The highest BCUT2D eigenvalue weighted by Gasteiger charge is 2.47. The highest BCUT2D eigenvalue weighted by Crippen LogP contribution is 2.37. The van der Waals surface area contributed by atoms with Gasteiger partial charge in [0.1, 0.15) is 0 Å². The Hall–Kier alpha value is -0.160. The molecule has 0 saturated carbocycles. The molecule has 2 atom stereocenters. The fourth-order valence-electron chi connectivity index (χ4n) is 5.50. The van der Waals surface area contributed by atoms with Gasteiger partial charge in [-0.25, -0.2) is 0 Å². The molecule has 5 aliphatic rings. The van der Waals surface area contributed by atoms with Gasteiger partial charge in [0.25, 0.3) is 0 Å². The first-order valence-electron chi connectivity index (χ1n) is 10.5. The lowest BCUT2D eigenvalue weighted by molar-refractivity contribution is -0.104. The van der Waals surface area contributed by atoms with E-state index in [4.69, 9.17) is 0 Å². The standard InChI is InChI=1S/C20H38N4/c1-20(2,3)23-14-18-12-19(15-23)24(18)13-16-6-10-22(11-7-16)17-4-8-21-9-5-17/h16-19,21H,4-15H2,1-3H3. The van der Waals surface area contributed by atoms with E-state index in [-0.39, 0.29) is 0 Å². The lowest BCUT2D eigenvalue weighted by Gasteiger charge is -2.60. The first-order chi connectivity index (χ1) is 11.5. The monoisotopic (exact) mass is 334 g/mol. The van der Waals surface area contributed by atoms with Gasteiger partial charge in [-0.05, 0) is 85.0 Å². The summed E-state index contributed by atoms with van der Waals surface area (Å²) < 4.78 is 0. The van der Waals surface area contributed by atoms with Crippen LogP contribution in [0.1, 0.15) is 52.9 Å². The van der Waals surface area contributed by atoms with Crippen LogP contribution in [0, 0.1) is 5.92 Å². The van der Waals surface area contributed by atoms with Gasteiger partial charge in [-0.1, -0.05) is 0 Å². The highest BCUT2D eigenvalue weighted by atomic mass is 15.4. The van der Waals surface area contributed by atoms with Gasteiger partial charge < -0.3 is 10.2 Å². The molecule has 5 saturated heterocycles. The SMILES string of the molecule is CC(C)(C)N1CC2CC(C1)N2CC1CCN(C2CCNCC2)CC1. The Labute approximate surface area is 148 Å². The Morgan fingerprint density at radius 1 is 0.875 bits per heavy atom. The number of piperazine rings is 1. The van der Waals surface area contributed by atoms with E-state index < -0.39 is 0 Å². The minimum atomic E-state index is 0.350. The Morgan fingerprint density at radius 3 is 2.08 bits per heavy atom. The zero-order valence-electron chi connectivity index (χ0n) is 16.1. The Morgan fingerprint density at radius 2 is 1.50 bits per heavy atom. The third-order valence-electron chi connectivity index (χ3n) is 7.24. The summed E-state index contributed by atoms with van der Waals surface area (Å²) in [6.45, 7) is 16.3. The molecule has 1 N–H and O–H groups in total. The van der Waals surface area contributed by atoms with E-state index in [2.05, 4.69) is 40.8 Å². The van der Waals surface area contributed by atoms with Gasteiger partial charge in [0, 0.05) is 43.3 Å². The fourth-order valence-corrected chi connectivity index (χ4v) is 5.50. The molecule has 0 aromatic rings. The normalized spacial score (nSPS) is 35.1. The van der Waals surface area contributed by atoms with Crippen LogP contribution in [0.3, 0.4) is 0 Å². The lowest BCUT2D eigenvalue weighted by atomic mass is 9.82. The minimum absolute atomic E-state index is 0.350. The molecule has 5 aliphatic heterocycles. The van der Waals surface area contributed by atoms with Crippen LogP contribution >= 0.6 is 0 Å². The van der Waals surface area contributed by atoms with Crippen LogP contribution in [0.25, 0.3) is 0 Å². The van der Waals surface area contributed by atoms with Crippen LogP contribution in [0.15, 0.2) is 0 Å². The number of rotatable bonds is 3. The summed E-state index contributed by atoms with van der Waals surface area (Å²) >= 11 is 0. The van der Waals surface area contributed by atoms with Gasteiger partial charge in [0.15, 0.2) is 0 Å². The molecule has 0 aromatic heterocycles. The second kappa shape index (κ2) is 6.86. The molecule has 138 valence electrons. The van der Waals surface area contributed by atoms with Gasteiger partial charge in [-0.15, -0.1) is 0 Å². The second-order valence-electron chi connectivity index (χ2n) is 9.78. The van der Waals surface area contributed by atoms with E-state index in [9.17, 15) is 0 Å². The Balaban J connectivity index is 1.22. The summed E-state index contributed by atoms with van der Waals surface area (Å²) in [6.07, 6.45) is 7.05. The smallest absolute Gasteiger partial charge is 0.0242 e. The first-order valence-corrected chi connectivity index (χ1v) is 10.5. The van der Waals surface area contributed by atoms with E-state index in [1.165, 1.54) is 77.9 Å². The van der Waals surface area contributed by atoms with Crippen LogP contribution in [0.4, 0.5) is 0 Å². The van der Waals surface area contributed by atoms with Crippen molar-refractivity contribution >= 4 is 0 Å². The van der Waals surface area contributed by atoms with Crippen LogP contribution in [-0.2, 0) is 0 Å². The van der Waals surface area contributed by atoms with Crippen molar-refractivity contribution in [1.29, 1.82) is 0 Å². The van der Waals surface area contributed by atoms with Crippen molar-refractivity contribution in [2.45, 2.75) is 76.5 Å². The third-order valence-corrected chi connectivity index (χ3v) is 7.24. The molecule has 2 unspecified atom stereocenters. The maximum absolute atomic E-state index is 3.50. The average Bonchev–Trinajstić information content (AvgIpc) is 2.60. The number of hydrogen-bond donors (Lipinski definition) is 1. The van der Waals surface area contributed by atoms with Crippen molar-refractivity contribution < 1.29 is 0 Å². The van der Waals surface area contributed by atoms with Gasteiger partial charge in [-0.2, -0.15) is 0 Å². The number of piperidine rings is 3. The molecule has 0 spiro atoms. The van der Waals surface area contributed by atoms with Gasteiger partial charge in [0.2, 0.25) is 0 Å². The average molecular weight is 335 g/mol. The van der Waals surface area contributed by atoms with E-state index in [1.807, 2.05) is 0 Å². The predicted octanol–water partition coefficient (Wildman–Crippen LogP) is 2.01. The maximum Gasteiger partial charge on any atom is 0.0242 e. The molecule has 0 aromatic carbocycles. The summed E-state index contributed by atoms with van der Waals surface area (Å²) in [5.74, 6) is 0.953. The number of nitrogens with zero attached hydrogens (tertiary/aromatic N) is 3. The highest BCUT2D eigenvalue weighted by molar-refractivity contribution is 5.03. The summed E-state index contributed by atoms with van der Waals surface area (Å²) in [7, 11) is 0. The van der Waals surface area contributed by atoms with Crippen LogP contribution < -0.4 is 5.32 Å². The summed E-state index contributed by atoms with van der Waals surface area (Å²) in [5.41, 5.74) is 0.350. The van der Waals surface area contributed by atoms with Gasteiger partial charge in [0.05, 0.1) is 0 Å². The van der Waals surface area contributed by atoms with Crippen LogP contribution in [-0.4, -0.2) is 84.2 Å². The predicted molar refractivity (Wildman–Crippen MR) is 100 cm³/mol. The Bertz CT molecular complexity index is 406. The summed E-state index contributed by atoms with van der Waals surface area (Å²) in [6, 6.07) is 2.58. The molecule has 4 nitrogen and oxygen atoms in total. The van der Waals surface area contributed by atoms with Crippen LogP contribution in [0.5, 0.6) is 0 Å². The van der Waals surface area contributed by atoms with E-state index in [0.717, 1.165) is 24.0 Å². The van der Waals surface area contributed by atoms with Gasteiger partial charge in [-0.3, -0.25) is 9.80 Å². The van der Waals surface area contributed by atoms with Crippen molar-refractivity contribution in [3.05, 3.63) is 0 Å². The largest absolute Gasteiger partial charge is 0.317 e. The number of nitrogens with one attached hydrogen (secondary N) is 1. The maximum atomic E-state index is 3.50. The van der Waals surface area contributed by atoms with Crippen molar-refractivity contribution in [2.24, 2.45) is 5.92 Å².